The summed E-state index contributed by atoms with van der Waals surface area (Å²) >= 11 is 0. The third-order valence-electron chi connectivity index (χ3n) is 3.79. The second-order valence-electron chi connectivity index (χ2n) is 5.25. The van der Waals surface area contributed by atoms with Crippen LogP contribution in [0.4, 0.5) is 0 Å². The second kappa shape index (κ2) is 5.18. The van der Waals surface area contributed by atoms with Crippen LogP contribution in [0.5, 0.6) is 17.2 Å². The van der Waals surface area contributed by atoms with Gasteiger partial charge in [-0.3, -0.25) is 9.59 Å². The van der Waals surface area contributed by atoms with Gasteiger partial charge in [-0.1, -0.05) is 12.1 Å². The summed E-state index contributed by atoms with van der Waals surface area (Å²) in [5, 5.41) is 19.8. The number of ether oxygens (including phenoxy) is 1. The molecule has 1 aliphatic rings. The van der Waals surface area contributed by atoms with E-state index in [1.54, 1.807) is 12.1 Å². The number of phenols is 2. The molecule has 0 aromatic heterocycles. The number of hydrogen-bond donors (Lipinski definition) is 2. The van der Waals surface area contributed by atoms with Crippen molar-refractivity contribution < 1.29 is 24.5 Å². The first-order chi connectivity index (χ1) is 10.5. The van der Waals surface area contributed by atoms with Crippen molar-refractivity contribution in [2.24, 2.45) is 0 Å². The second-order valence-corrected chi connectivity index (χ2v) is 5.25. The van der Waals surface area contributed by atoms with Crippen LogP contribution in [0.1, 0.15) is 40.7 Å². The van der Waals surface area contributed by atoms with Crippen LogP contribution in [0, 0.1) is 0 Å². The molecule has 2 aromatic carbocycles. The van der Waals surface area contributed by atoms with E-state index >= 15 is 0 Å². The van der Waals surface area contributed by atoms with Crippen molar-refractivity contribution >= 4 is 11.8 Å². The number of benzene rings is 2. The summed E-state index contributed by atoms with van der Waals surface area (Å²) in [6, 6.07) is 9.37. The minimum atomic E-state index is -0.420. The number of rotatable bonds is 2. The number of Topliss-reactive ketones (excluding diaryl/α,β-unsaturated/α-hetero) is 1. The molecule has 112 valence electrons. The summed E-state index contributed by atoms with van der Waals surface area (Å²) in [7, 11) is 0. The largest absolute Gasteiger partial charge is 0.508 e. The molecule has 2 aromatic rings. The van der Waals surface area contributed by atoms with Gasteiger partial charge in [0.15, 0.2) is 5.78 Å². The predicted octanol–water partition coefficient (Wildman–Crippen LogP) is 2.74. The number of carbonyl (C=O) groups is 2. The summed E-state index contributed by atoms with van der Waals surface area (Å²) in [6.45, 7) is 1.37. The van der Waals surface area contributed by atoms with Crippen molar-refractivity contribution in [2.45, 2.75) is 19.3 Å². The molecular weight excluding hydrogens is 284 g/mol. The van der Waals surface area contributed by atoms with E-state index < -0.39 is 11.9 Å². The molecule has 0 fully saturated rings. The van der Waals surface area contributed by atoms with E-state index in [1.807, 2.05) is 0 Å². The number of hydrogen-bond acceptors (Lipinski definition) is 5. The molecule has 1 atom stereocenters. The predicted molar refractivity (Wildman–Crippen MR) is 78.3 cm³/mol. The van der Waals surface area contributed by atoms with E-state index in [0.717, 1.165) is 5.56 Å². The van der Waals surface area contributed by atoms with Crippen LogP contribution in [0.25, 0.3) is 0 Å². The Balaban J connectivity index is 2.18. The average Bonchev–Trinajstić information content (AvgIpc) is 2.47. The van der Waals surface area contributed by atoms with Gasteiger partial charge in [0, 0.05) is 11.5 Å². The van der Waals surface area contributed by atoms with E-state index in [0.29, 0.717) is 5.56 Å². The van der Waals surface area contributed by atoms with Gasteiger partial charge in [0.1, 0.15) is 17.2 Å². The fourth-order valence-electron chi connectivity index (χ4n) is 2.72. The van der Waals surface area contributed by atoms with Crippen LogP contribution in [-0.2, 0) is 4.79 Å². The lowest BCUT2D eigenvalue weighted by Crippen LogP contribution is -2.21. The number of carbonyl (C=O) groups excluding carboxylic acids is 2. The summed E-state index contributed by atoms with van der Waals surface area (Å²) < 4.78 is 5.16. The van der Waals surface area contributed by atoms with Gasteiger partial charge in [0.05, 0.1) is 12.0 Å². The van der Waals surface area contributed by atoms with Gasteiger partial charge < -0.3 is 14.9 Å². The van der Waals surface area contributed by atoms with Gasteiger partial charge >= 0.3 is 5.97 Å². The van der Waals surface area contributed by atoms with Crippen LogP contribution < -0.4 is 4.74 Å². The molecule has 0 spiro atoms. The maximum absolute atomic E-state index is 11.8. The van der Waals surface area contributed by atoms with E-state index in [9.17, 15) is 19.8 Å². The highest BCUT2D eigenvalue weighted by Crippen LogP contribution is 2.45. The van der Waals surface area contributed by atoms with E-state index in [4.69, 9.17) is 4.74 Å². The Bertz CT molecular complexity index is 761. The molecule has 3 rings (SSSR count). The Kier molecular flexibility index (Phi) is 3.33. The normalized spacial score (nSPS) is 16.8. The molecule has 0 radical (unpaired) electrons. The van der Waals surface area contributed by atoms with Crippen molar-refractivity contribution in [3.8, 4) is 17.2 Å². The highest BCUT2D eigenvalue weighted by Gasteiger charge is 2.32. The lowest BCUT2D eigenvalue weighted by molar-refractivity contribution is -0.135. The molecule has 0 saturated heterocycles. The molecule has 0 amide bonds. The smallest absolute Gasteiger partial charge is 0.312 e. The number of aromatic hydroxyl groups is 2. The van der Waals surface area contributed by atoms with Gasteiger partial charge in [0.25, 0.3) is 0 Å². The van der Waals surface area contributed by atoms with Gasteiger partial charge in [-0.05, 0) is 36.8 Å². The van der Waals surface area contributed by atoms with Crippen LogP contribution >= 0.6 is 0 Å². The zero-order valence-electron chi connectivity index (χ0n) is 11.9. The number of ketones is 1. The lowest BCUT2D eigenvalue weighted by atomic mass is 9.84. The van der Waals surface area contributed by atoms with Crippen LogP contribution in [-0.4, -0.2) is 22.0 Å². The van der Waals surface area contributed by atoms with Gasteiger partial charge in [-0.2, -0.15) is 0 Å². The van der Waals surface area contributed by atoms with Crippen molar-refractivity contribution in [1.29, 1.82) is 0 Å². The zero-order valence-corrected chi connectivity index (χ0v) is 11.9. The van der Waals surface area contributed by atoms with E-state index in [2.05, 4.69) is 0 Å². The van der Waals surface area contributed by atoms with Crippen molar-refractivity contribution in [3.63, 3.8) is 0 Å². The Morgan fingerprint density at radius 2 is 1.82 bits per heavy atom. The number of esters is 1. The number of fused-ring (bicyclic) bond motifs is 1. The third-order valence-corrected chi connectivity index (χ3v) is 3.79. The molecule has 1 aliphatic heterocycles. The fraction of sp³-hybridized carbons (Fsp3) is 0.176. The van der Waals surface area contributed by atoms with Crippen molar-refractivity contribution in [3.05, 3.63) is 53.1 Å². The number of phenolic OH excluding ortho intramolecular Hbond substituents is 2. The highest BCUT2D eigenvalue weighted by molar-refractivity contribution is 5.98. The summed E-state index contributed by atoms with van der Waals surface area (Å²) in [5.41, 5.74) is 1.38. The van der Waals surface area contributed by atoms with Gasteiger partial charge in [0.2, 0.25) is 0 Å². The standard InChI is InChI=1S/C17H14O5/c1-9(18)12-6-7-14-16(17(12)21)13(8-15(20)22-14)10-2-4-11(19)5-3-10/h2-7,13,19,21H,8H2,1H3. The van der Waals surface area contributed by atoms with Crippen molar-refractivity contribution in [1.82, 2.24) is 0 Å². The minimum Gasteiger partial charge on any atom is -0.508 e. The molecule has 5 nitrogen and oxygen atoms in total. The topological polar surface area (TPSA) is 83.8 Å². The minimum absolute atomic E-state index is 0.0622. The molecule has 0 aliphatic carbocycles. The Labute approximate surface area is 126 Å². The average molecular weight is 298 g/mol. The first kappa shape index (κ1) is 14.1. The molecule has 5 heteroatoms. The fourth-order valence-corrected chi connectivity index (χ4v) is 2.72. The first-order valence-corrected chi connectivity index (χ1v) is 6.83. The molecular formula is C17H14O5. The van der Waals surface area contributed by atoms with Gasteiger partial charge in [-0.25, -0.2) is 0 Å². The molecule has 0 bridgehead atoms. The summed E-state index contributed by atoms with van der Waals surface area (Å²) in [6.07, 6.45) is 0.0622. The SMILES string of the molecule is CC(=O)c1ccc2c(c1O)C(c1ccc(O)cc1)CC(=O)O2. The molecule has 22 heavy (non-hydrogen) atoms. The highest BCUT2D eigenvalue weighted by atomic mass is 16.5. The lowest BCUT2D eigenvalue weighted by Gasteiger charge is -2.26. The van der Waals surface area contributed by atoms with Crippen LogP contribution in [0.15, 0.2) is 36.4 Å². The Morgan fingerprint density at radius 3 is 2.45 bits per heavy atom. The maximum Gasteiger partial charge on any atom is 0.312 e. The quantitative estimate of drug-likeness (QED) is 0.506. The molecule has 0 saturated carbocycles. The molecule has 1 heterocycles. The summed E-state index contributed by atoms with van der Waals surface area (Å²) in [4.78, 5) is 23.4. The summed E-state index contributed by atoms with van der Waals surface area (Å²) in [5.74, 6) is -0.866. The molecule has 1 unspecified atom stereocenters. The first-order valence-electron chi connectivity index (χ1n) is 6.83. The monoisotopic (exact) mass is 298 g/mol. The van der Waals surface area contributed by atoms with Crippen LogP contribution in [0.3, 0.4) is 0 Å². The zero-order chi connectivity index (χ0) is 15.9. The van der Waals surface area contributed by atoms with Gasteiger partial charge in [-0.15, -0.1) is 0 Å². The van der Waals surface area contributed by atoms with E-state index in [1.165, 1.54) is 31.2 Å². The van der Waals surface area contributed by atoms with Crippen LogP contribution in [0.2, 0.25) is 0 Å². The van der Waals surface area contributed by atoms with Crippen molar-refractivity contribution in [2.75, 3.05) is 0 Å². The molecule has 2 N–H and O–H groups in total. The maximum atomic E-state index is 11.8. The van der Waals surface area contributed by atoms with E-state index in [-0.39, 0.29) is 35.0 Å². The Morgan fingerprint density at radius 1 is 1.14 bits per heavy atom. The Hall–Kier alpha value is -2.82. The third kappa shape index (κ3) is 2.30.